The van der Waals surface area contributed by atoms with E-state index in [0.717, 1.165) is 23.2 Å². The van der Waals surface area contributed by atoms with Gasteiger partial charge in [-0.3, -0.25) is 9.88 Å². The molecule has 0 aromatic carbocycles. The highest BCUT2D eigenvalue weighted by atomic mass is 19.1. The number of cyclic esters (lactones) is 1. The van der Waals surface area contributed by atoms with E-state index in [2.05, 4.69) is 20.6 Å². The second kappa shape index (κ2) is 7.84. The van der Waals surface area contributed by atoms with Crippen LogP contribution >= 0.6 is 0 Å². The van der Waals surface area contributed by atoms with Crippen molar-refractivity contribution < 1.29 is 19.0 Å². The van der Waals surface area contributed by atoms with E-state index in [1.807, 2.05) is 6.92 Å². The monoisotopic (exact) mass is 389 g/mol. The third-order valence-corrected chi connectivity index (χ3v) is 5.44. The molecule has 2 unspecified atom stereocenters. The molecule has 0 saturated carbocycles. The van der Waals surface area contributed by atoms with Gasteiger partial charge in [-0.2, -0.15) is 0 Å². The SMILES string of the molecule is Cc1ncc(F)c2c1CC(CNCC(O)[C@H]1CN(C3=CNCC=N3)C(=O)O1)C2. The lowest BCUT2D eigenvalue weighted by Crippen LogP contribution is -2.40. The molecule has 0 bridgehead atoms. The van der Waals surface area contributed by atoms with Crippen LogP contribution in [0.15, 0.2) is 23.2 Å². The maximum atomic E-state index is 13.9. The molecule has 0 spiro atoms. The lowest BCUT2D eigenvalue weighted by molar-refractivity contribution is 0.0327. The Labute approximate surface area is 162 Å². The maximum Gasteiger partial charge on any atom is 0.416 e. The molecule has 150 valence electrons. The Morgan fingerprint density at radius 3 is 3.04 bits per heavy atom. The van der Waals surface area contributed by atoms with E-state index in [0.29, 0.717) is 31.9 Å². The third-order valence-electron chi connectivity index (χ3n) is 5.44. The van der Waals surface area contributed by atoms with Gasteiger partial charge in [-0.05, 0) is 43.4 Å². The van der Waals surface area contributed by atoms with E-state index in [4.69, 9.17) is 4.74 Å². The third kappa shape index (κ3) is 3.72. The number of hydrogen-bond acceptors (Lipinski definition) is 7. The molecule has 8 nitrogen and oxygen atoms in total. The van der Waals surface area contributed by atoms with Crippen LogP contribution in [0.5, 0.6) is 0 Å². The first-order valence-electron chi connectivity index (χ1n) is 9.48. The number of amides is 1. The molecule has 3 atom stereocenters. The van der Waals surface area contributed by atoms with Gasteiger partial charge in [-0.1, -0.05) is 0 Å². The molecule has 1 amide bonds. The number of hydrogen-bond donors (Lipinski definition) is 3. The summed E-state index contributed by atoms with van der Waals surface area (Å²) in [6.45, 7) is 3.71. The molecule has 0 radical (unpaired) electrons. The fourth-order valence-corrected chi connectivity index (χ4v) is 3.92. The van der Waals surface area contributed by atoms with Gasteiger partial charge in [-0.25, -0.2) is 14.2 Å². The summed E-state index contributed by atoms with van der Waals surface area (Å²) < 4.78 is 19.2. The number of aliphatic imine (C=N–C) groups is 1. The van der Waals surface area contributed by atoms with Gasteiger partial charge in [0.15, 0.2) is 5.82 Å². The Morgan fingerprint density at radius 2 is 2.29 bits per heavy atom. The first-order chi connectivity index (χ1) is 13.5. The Balaban J connectivity index is 1.26. The minimum Gasteiger partial charge on any atom is -0.441 e. The summed E-state index contributed by atoms with van der Waals surface area (Å²) in [7, 11) is 0. The van der Waals surface area contributed by atoms with Crippen LogP contribution in [0.3, 0.4) is 0 Å². The summed E-state index contributed by atoms with van der Waals surface area (Å²) in [5.41, 5.74) is 2.64. The van der Waals surface area contributed by atoms with Crippen molar-refractivity contribution in [2.75, 3.05) is 26.2 Å². The Morgan fingerprint density at radius 1 is 1.46 bits per heavy atom. The molecule has 1 aromatic heterocycles. The molecular weight excluding hydrogens is 365 g/mol. The van der Waals surface area contributed by atoms with Gasteiger partial charge in [-0.15, -0.1) is 0 Å². The number of rotatable bonds is 6. The number of fused-ring (bicyclic) bond motifs is 1. The second-order valence-corrected chi connectivity index (χ2v) is 7.40. The summed E-state index contributed by atoms with van der Waals surface area (Å²) in [5, 5.41) is 16.6. The first-order valence-corrected chi connectivity index (χ1v) is 9.48. The van der Waals surface area contributed by atoms with Crippen LogP contribution in [0.2, 0.25) is 0 Å². The molecule has 3 aliphatic rings. The molecule has 2 aliphatic heterocycles. The number of pyridine rings is 1. The fraction of sp³-hybridized carbons (Fsp3) is 0.526. The normalized spacial score (nSPS) is 24.6. The Bertz CT molecular complexity index is 797. The lowest BCUT2D eigenvalue weighted by atomic mass is 10.1. The molecule has 1 aromatic rings. The van der Waals surface area contributed by atoms with Crippen LogP contribution in [0.4, 0.5) is 9.18 Å². The molecule has 3 N–H and O–H groups in total. The predicted molar refractivity (Wildman–Crippen MR) is 100 cm³/mol. The largest absolute Gasteiger partial charge is 0.441 e. The summed E-state index contributed by atoms with van der Waals surface area (Å²) in [4.78, 5) is 21.7. The van der Waals surface area contributed by atoms with Crippen LogP contribution < -0.4 is 10.6 Å². The number of aromatic nitrogens is 1. The molecular formula is C19H24FN5O3. The van der Waals surface area contributed by atoms with Crippen LogP contribution in [0.1, 0.15) is 16.8 Å². The average molecular weight is 389 g/mol. The van der Waals surface area contributed by atoms with Gasteiger partial charge in [0, 0.05) is 31.2 Å². The zero-order valence-corrected chi connectivity index (χ0v) is 15.7. The highest BCUT2D eigenvalue weighted by Gasteiger charge is 2.38. The van der Waals surface area contributed by atoms with Gasteiger partial charge in [0.25, 0.3) is 0 Å². The minimum absolute atomic E-state index is 0.240. The van der Waals surface area contributed by atoms with Gasteiger partial charge in [0.05, 0.1) is 12.7 Å². The van der Waals surface area contributed by atoms with E-state index in [-0.39, 0.29) is 18.3 Å². The smallest absolute Gasteiger partial charge is 0.416 e. The number of nitrogens with one attached hydrogen (secondary N) is 2. The highest BCUT2D eigenvalue weighted by Crippen LogP contribution is 2.30. The van der Waals surface area contributed by atoms with Gasteiger partial charge >= 0.3 is 6.09 Å². The minimum atomic E-state index is -0.834. The fourth-order valence-electron chi connectivity index (χ4n) is 3.92. The van der Waals surface area contributed by atoms with E-state index >= 15 is 0 Å². The van der Waals surface area contributed by atoms with Crippen molar-refractivity contribution in [1.29, 1.82) is 0 Å². The van der Waals surface area contributed by atoms with Gasteiger partial charge in [0.1, 0.15) is 18.0 Å². The molecule has 1 fully saturated rings. The average Bonchev–Trinajstić information content (AvgIpc) is 3.30. The maximum absolute atomic E-state index is 13.9. The molecule has 28 heavy (non-hydrogen) atoms. The number of aliphatic hydroxyl groups is 1. The zero-order chi connectivity index (χ0) is 19.7. The van der Waals surface area contributed by atoms with E-state index in [9.17, 15) is 14.3 Å². The van der Waals surface area contributed by atoms with Crippen molar-refractivity contribution in [2.24, 2.45) is 10.9 Å². The number of ether oxygens (including phenoxy) is 1. The van der Waals surface area contributed by atoms with Crippen LogP contribution in [0.25, 0.3) is 0 Å². The number of carbonyl (C=O) groups is 1. The van der Waals surface area contributed by atoms with Crippen molar-refractivity contribution in [3.8, 4) is 0 Å². The van der Waals surface area contributed by atoms with Crippen molar-refractivity contribution >= 4 is 12.3 Å². The zero-order valence-electron chi connectivity index (χ0n) is 15.7. The van der Waals surface area contributed by atoms with Crippen LogP contribution in [-0.2, 0) is 17.6 Å². The highest BCUT2D eigenvalue weighted by molar-refractivity contribution is 5.73. The molecule has 4 rings (SSSR count). The number of nitrogens with zero attached hydrogens (tertiary/aromatic N) is 3. The second-order valence-electron chi connectivity index (χ2n) is 7.40. The summed E-state index contributed by atoms with van der Waals surface area (Å²) in [5.74, 6) is 0.499. The Hall–Kier alpha value is -2.52. The van der Waals surface area contributed by atoms with E-state index < -0.39 is 18.3 Å². The molecule has 9 heteroatoms. The number of aliphatic hydroxyl groups excluding tert-OH is 1. The summed E-state index contributed by atoms with van der Waals surface area (Å²) in [6, 6.07) is 0. The molecule has 3 heterocycles. The lowest BCUT2D eigenvalue weighted by Gasteiger charge is -2.19. The Kier molecular flexibility index (Phi) is 5.27. The van der Waals surface area contributed by atoms with Crippen LogP contribution in [0, 0.1) is 18.7 Å². The standard InChI is InChI=1S/C19H24FN5O3/c1-11-13-4-12(5-14(13)15(20)7-24-11)6-22-8-16(26)17-10-25(19(27)28-17)18-9-21-2-3-23-18/h3,7,9,12,16-17,21-22,26H,2,4-6,8,10H2,1H3/t12?,16?,17-/m1/s1. The van der Waals surface area contributed by atoms with E-state index in [1.165, 1.54) is 11.1 Å². The van der Waals surface area contributed by atoms with Crippen molar-refractivity contribution in [2.45, 2.75) is 32.0 Å². The van der Waals surface area contributed by atoms with Crippen molar-refractivity contribution in [3.63, 3.8) is 0 Å². The number of aryl methyl sites for hydroxylation is 1. The summed E-state index contributed by atoms with van der Waals surface area (Å²) in [6.07, 6.45) is 4.09. The summed E-state index contributed by atoms with van der Waals surface area (Å²) >= 11 is 0. The first kappa shape index (κ1) is 18.8. The van der Waals surface area contributed by atoms with Crippen molar-refractivity contribution in [3.05, 3.63) is 40.9 Å². The van der Waals surface area contributed by atoms with E-state index in [1.54, 1.807) is 12.4 Å². The topological polar surface area (TPSA) is 99.1 Å². The van der Waals surface area contributed by atoms with Crippen molar-refractivity contribution in [1.82, 2.24) is 20.5 Å². The van der Waals surface area contributed by atoms with Gasteiger partial charge < -0.3 is 20.5 Å². The van der Waals surface area contributed by atoms with Gasteiger partial charge in [0.2, 0.25) is 0 Å². The molecule has 1 saturated heterocycles. The molecule has 1 aliphatic carbocycles. The predicted octanol–water partition coefficient (Wildman–Crippen LogP) is 0.488. The number of halogens is 1. The van der Waals surface area contributed by atoms with Crippen LogP contribution in [-0.4, -0.2) is 65.7 Å². The quantitative estimate of drug-likeness (QED) is 0.655. The number of carbonyl (C=O) groups excluding carboxylic acids is 1.